The number of carbonyl (C=O) groups is 1. The Morgan fingerprint density at radius 1 is 1.08 bits per heavy atom. The van der Waals surface area contributed by atoms with Crippen molar-refractivity contribution < 1.29 is 13.6 Å². The van der Waals surface area contributed by atoms with Crippen molar-refractivity contribution in [3.05, 3.63) is 65.2 Å². The number of nitrogens with zero attached hydrogens (tertiary/aromatic N) is 1. The third-order valence-corrected chi connectivity index (χ3v) is 3.38. The molecule has 25 heavy (non-hydrogen) atoms. The number of nitrogens with one attached hydrogen (secondary N) is 3. The molecule has 5 nitrogen and oxygen atoms in total. The molecule has 0 bridgehead atoms. The van der Waals surface area contributed by atoms with Gasteiger partial charge in [-0.2, -0.15) is 0 Å². The molecule has 3 N–H and O–H groups in total. The number of hydrogen-bond donors (Lipinski definition) is 3. The maximum Gasteiger partial charge on any atom is 0.221 e. The van der Waals surface area contributed by atoms with Crippen LogP contribution in [0.3, 0.4) is 0 Å². The zero-order valence-corrected chi connectivity index (χ0v) is 14.1. The van der Waals surface area contributed by atoms with Crippen molar-refractivity contribution in [3.8, 4) is 0 Å². The monoisotopic (exact) mass is 346 g/mol. The summed E-state index contributed by atoms with van der Waals surface area (Å²) in [6.45, 7) is 2.01. The number of guanidine groups is 1. The summed E-state index contributed by atoms with van der Waals surface area (Å²) in [6.07, 6.45) is 0. The summed E-state index contributed by atoms with van der Waals surface area (Å²) in [4.78, 5) is 15.1. The number of amides is 1. The van der Waals surface area contributed by atoms with E-state index in [2.05, 4.69) is 20.9 Å². The van der Waals surface area contributed by atoms with Gasteiger partial charge in [-0.25, -0.2) is 8.78 Å². The van der Waals surface area contributed by atoms with Gasteiger partial charge < -0.3 is 16.0 Å². The Morgan fingerprint density at radius 3 is 2.56 bits per heavy atom. The Hall–Kier alpha value is -2.96. The minimum atomic E-state index is -0.490. The average molecular weight is 346 g/mol. The topological polar surface area (TPSA) is 65.5 Å². The molecule has 0 aliphatic rings. The van der Waals surface area contributed by atoms with Gasteiger partial charge in [-0.1, -0.05) is 12.1 Å². The summed E-state index contributed by atoms with van der Waals surface area (Å²) in [5.74, 6) is -0.656. The van der Waals surface area contributed by atoms with Gasteiger partial charge in [0.2, 0.25) is 5.91 Å². The fourth-order valence-electron chi connectivity index (χ4n) is 2.23. The largest absolute Gasteiger partial charge is 0.352 e. The van der Waals surface area contributed by atoms with E-state index in [1.54, 1.807) is 13.1 Å². The van der Waals surface area contributed by atoms with Crippen LogP contribution in [0, 0.1) is 11.6 Å². The van der Waals surface area contributed by atoms with Gasteiger partial charge in [0.25, 0.3) is 0 Å². The van der Waals surface area contributed by atoms with Crippen LogP contribution in [0.5, 0.6) is 0 Å². The van der Waals surface area contributed by atoms with Gasteiger partial charge in [0, 0.05) is 38.3 Å². The van der Waals surface area contributed by atoms with Crippen LogP contribution in [0.2, 0.25) is 0 Å². The van der Waals surface area contributed by atoms with Gasteiger partial charge in [-0.15, -0.1) is 0 Å². The van der Waals surface area contributed by atoms with E-state index >= 15 is 0 Å². The first-order valence-corrected chi connectivity index (χ1v) is 7.73. The minimum absolute atomic E-state index is 0.106. The highest BCUT2D eigenvalue weighted by Gasteiger charge is 2.05. The van der Waals surface area contributed by atoms with Crippen LogP contribution < -0.4 is 16.0 Å². The Balaban J connectivity index is 1.92. The highest BCUT2D eigenvalue weighted by atomic mass is 19.1. The van der Waals surface area contributed by atoms with Crippen molar-refractivity contribution in [1.29, 1.82) is 0 Å². The lowest BCUT2D eigenvalue weighted by atomic mass is 10.2. The summed E-state index contributed by atoms with van der Waals surface area (Å²) in [6, 6.07) is 10.7. The molecule has 1 amide bonds. The molecule has 7 heteroatoms. The highest BCUT2D eigenvalue weighted by Crippen LogP contribution is 2.11. The number of benzene rings is 2. The molecule has 0 aliphatic carbocycles. The van der Waals surface area contributed by atoms with Gasteiger partial charge in [0.15, 0.2) is 5.96 Å². The second-order valence-electron chi connectivity index (χ2n) is 5.40. The molecule has 0 radical (unpaired) electrons. The zero-order valence-electron chi connectivity index (χ0n) is 14.1. The van der Waals surface area contributed by atoms with Crippen LogP contribution in [-0.2, 0) is 17.9 Å². The summed E-state index contributed by atoms with van der Waals surface area (Å²) >= 11 is 0. The molecule has 132 valence electrons. The molecule has 0 saturated heterocycles. The zero-order chi connectivity index (χ0) is 18.2. The molecule has 0 aromatic heterocycles. The Labute approximate surface area is 145 Å². The smallest absolute Gasteiger partial charge is 0.221 e. The van der Waals surface area contributed by atoms with E-state index in [1.807, 2.05) is 18.2 Å². The quantitative estimate of drug-likeness (QED) is 0.576. The Morgan fingerprint density at radius 2 is 1.84 bits per heavy atom. The predicted molar refractivity (Wildman–Crippen MR) is 94.1 cm³/mol. The van der Waals surface area contributed by atoms with E-state index in [-0.39, 0.29) is 18.0 Å². The SMILES string of the molecule is CN=C(NCc1cccc(NC(C)=O)c1)NCc1cc(F)ccc1F. The lowest BCUT2D eigenvalue weighted by molar-refractivity contribution is -0.114. The van der Waals surface area contributed by atoms with Gasteiger partial charge in [0.05, 0.1) is 0 Å². The first kappa shape index (κ1) is 18.4. The molecule has 0 saturated carbocycles. The number of aliphatic imine (C=N–C) groups is 1. The third-order valence-electron chi connectivity index (χ3n) is 3.38. The van der Waals surface area contributed by atoms with Crippen LogP contribution in [-0.4, -0.2) is 18.9 Å². The van der Waals surface area contributed by atoms with E-state index in [0.717, 1.165) is 23.8 Å². The van der Waals surface area contributed by atoms with Crippen molar-refractivity contribution in [2.24, 2.45) is 4.99 Å². The molecular formula is C18H20F2N4O. The van der Waals surface area contributed by atoms with E-state index in [0.29, 0.717) is 18.2 Å². The predicted octanol–water partition coefficient (Wildman–Crippen LogP) is 2.79. The second-order valence-corrected chi connectivity index (χ2v) is 5.40. The van der Waals surface area contributed by atoms with Crippen molar-refractivity contribution in [2.75, 3.05) is 12.4 Å². The van der Waals surface area contributed by atoms with Gasteiger partial charge in [0.1, 0.15) is 11.6 Å². The van der Waals surface area contributed by atoms with Gasteiger partial charge in [-0.3, -0.25) is 9.79 Å². The molecule has 0 spiro atoms. The summed E-state index contributed by atoms with van der Waals surface area (Å²) in [5.41, 5.74) is 1.86. The van der Waals surface area contributed by atoms with Crippen LogP contribution >= 0.6 is 0 Å². The molecule has 2 aromatic carbocycles. The van der Waals surface area contributed by atoms with E-state index in [1.165, 1.54) is 6.92 Å². The molecular weight excluding hydrogens is 326 g/mol. The molecule has 0 aliphatic heterocycles. The fourth-order valence-corrected chi connectivity index (χ4v) is 2.23. The standard InChI is InChI=1S/C18H20F2N4O/c1-12(25)24-16-5-3-4-13(8-16)10-22-18(21-2)23-11-14-9-15(19)6-7-17(14)20/h3-9H,10-11H2,1-2H3,(H,24,25)(H2,21,22,23). The maximum absolute atomic E-state index is 13.6. The van der Waals surface area contributed by atoms with Crippen LogP contribution in [0.4, 0.5) is 14.5 Å². The van der Waals surface area contributed by atoms with Crippen molar-refractivity contribution in [2.45, 2.75) is 20.0 Å². The first-order valence-electron chi connectivity index (χ1n) is 7.73. The minimum Gasteiger partial charge on any atom is -0.352 e. The van der Waals surface area contributed by atoms with Crippen molar-refractivity contribution in [1.82, 2.24) is 10.6 Å². The molecule has 0 atom stereocenters. The van der Waals surface area contributed by atoms with Crippen molar-refractivity contribution >= 4 is 17.6 Å². The van der Waals surface area contributed by atoms with Crippen LogP contribution in [0.25, 0.3) is 0 Å². The lowest BCUT2D eigenvalue weighted by Gasteiger charge is -2.13. The number of rotatable bonds is 5. The molecule has 0 heterocycles. The van der Waals surface area contributed by atoms with Crippen LogP contribution in [0.15, 0.2) is 47.5 Å². The van der Waals surface area contributed by atoms with E-state index in [9.17, 15) is 13.6 Å². The number of hydrogen-bond acceptors (Lipinski definition) is 2. The molecule has 0 unspecified atom stereocenters. The van der Waals surface area contributed by atoms with Gasteiger partial charge in [-0.05, 0) is 35.9 Å². The number of anilines is 1. The summed E-state index contributed by atoms with van der Waals surface area (Å²) in [7, 11) is 1.59. The highest BCUT2D eigenvalue weighted by molar-refractivity contribution is 5.88. The maximum atomic E-state index is 13.6. The van der Waals surface area contributed by atoms with E-state index < -0.39 is 11.6 Å². The third kappa shape index (κ3) is 5.87. The Kier molecular flexibility index (Phi) is 6.45. The summed E-state index contributed by atoms with van der Waals surface area (Å²) in [5, 5.41) is 8.73. The molecule has 2 aromatic rings. The lowest BCUT2D eigenvalue weighted by Crippen LogP contribution is -2.36. The van der Waals surface area contributed by atoms with Gasteiger partial charge >= 0.3 is 0 Å². The number of carbonyl (C=O) groups excluding carboxylic acids is 1. The molecule has 0 fully saturated rings. The van der Waals surface area contributed by atoms with E-state index in [4.69, 9.17) is 0 Å². The Bertz CT molecular complexity index is 777. The average Bonchev–Trinajstić information content (AvgIpc) is 2.57. The van der Waals surface area contributed by atoms with Crippen LogP contribution in [0.1, 0.15) is 18.1 Å². The first-order chi connectivity index (χ1) is 12.0. The van der Waals surface area contributed by atoms with Crippen molar-refractivity contribution in [3.63, 3.8) is 0 Å². The summed E-state index contributed by atoms with van der Waals surface area (Å²) < 4.78 is 26.8. The molecule has 2 rings (SSSR count). The number of halogens is 2. The fraction of sp³-hybridized carbons (Fsp3) is 0.222. The second kappa shape index (κ2) is 8.77. The normalized spacial score (nSPS) is 11.1.